The summed E-state index contributed by atoms with van der Waals surface area (Å²) in [7, 11) is -3.67. The summed E-state index contributed by atoms with van der Waals surface area (Å²) in [5, 5.41) is 6.01. The summed E-state index contributed by atoms with van der Waals surface area (Å²) in [5.74, 6) is -0.447. The molecule has 1 aromatic carbocycles. The van der Waals surface area contributed by atoms with Gasteiger partial charge in [0, 0.05) is 11.9 Å². The van der Waals surface area contributed by atoms with Gasteiger partial charge < -0.3 is 4.74 Å². The van der Waals surface area contributed by atoms with Crippen LogP contribution in [0.5, 0.6) is 0 Å². The van der Waals surface area contributed by atoms with Crippen LogP contribution in [0.25, 0.3) is 0 Å². The number of aromatic nitrogens is 2. The van der Waals surface area contributed by atoms with Crippen molar-refractivity contribution in [1.82, 2.24) is 10.2 Å². The average molecular weight is 295 g/mol. The molecule has 0 saturated carbocycles. The van der Waals surface area contributed by atoms with Crippen molar-refractivity contribution in [3.05, 3.63) is 42.2 Å². The van der Waals surface area contributed by atoms with E-state index >= 15 is 0 Å². The molecule has 0 unspecified atom stereocenters. The Labute approximate surface area is 116 Å². The van der Waals surface area contributed by atoms with E-state index in [2.05, 4.69) is 14.9 Å². The van der Waals surface area contributed by atoms with Gasteiger partial charge in [-0.15, -0.1) is 0 Å². The Hall–Kier alpha value is -2.35. The summed E-state index contributed by atoms with van der Waals surface area (Å²) in [4.78, 5) is 11.5. The Balaban J connectivity index is 2.14. The molecule has 106 valence electrons. The highest BCUT2D eigenvalue weighted by Gasteiger charge is 2.15. The number of aromatic amines is 1. The van der Waals surface area contributed by atoms with Gasteiger partial charge in [0.25, 0.3) is 10.0 Å². The molecule has 2 N–H and O–H groups in total. The summed E-state index contributed by atoms with van der Waals surface area (Å²) in [6.45, 7) is 2.00. The van der Waals surface area contributed by atoms with Gasteiger partial charge in [0.1, 0.15) is 4.90 Å². The average Bonchev–Trinajstić information content (AvgIpc) is 2.94. The van der Waals surface area contributed by atoms with Gasteiger partial charge in [-0.25, -0.2) is 13.2 Å². The van der Waals surface area contributed by atoms with Crippen molar-refractivity contribution in [3.8, 4) is 0 Å². The van der Waals surface area contributed by atoms with Crippen molar-refractivity contribution in [2.45, 2.75) is 11.8 Å². The lowest BCUT2D eigenvalue weighted by atomic mass is 10.2. The Kier molecular flexibility index (Phi) is 4.04. The number of anilines is 1. The van der Waals surface area contributed by atoms with Gasteiger partial charge in [-0.1, -0.05) is 0 Å². The number of esters is 1. The minimum atomic E-state index is -3.67. The van der Waals surface area contributed by atoms with Crippen molar-refractivity contribution >= 4 is 21.7 Å². The number of nitrogens with one attached hydrogen (secondary N) is 2. The smallest absolute Gasteiger partial charge is 0.338 e. The van der Waals surface area contributed by atoms with Crippen LogP contribution in [0, 0.1) is 0 Å². The van der Waals surface area contributed by atoms with Crippen LogP contribution in [-0.4, -0.2) is 31.2 Å². The maximum absolute atomic E-state index is 11.9. The molecular formula is C12H13N3O4S. The number of carbonyl (C=O) groups excluding carboxylic acids is 1. The second-order valence-electron chi connectivity index (χ2n) is 3.84. The van der Waals surface area contributed by atoms with Gasteiger partial charge in [0.15, 0.2) is 0 Å². The first-order chi connectivity index (χ1) is 9.53. The van der Waals surface area contributed by atoms with Gasteiger partial charge in [-0.3, -0.25) is 9.82 Å². The zero-order valence-corrected chi connectivity index (χ0v) is 11.5. The summed E-state index contributed by atoms with van der Waals surface area (Å²) in [5.41, 5.74) is 0.706. The predicted molar refractivity (Wildman–Crippen MR) is 71.8 cm³/mol. The molecule has 0 saturated heterocycles. The third kappa shape index (κ3) is 3.15. The Morgan fingerprint density at radius 1 is 1.35 bits per heavy atom. The van der Waals surface area contributed by atoms with E-state index in [0.717, 1.165) is 0 Å². The quantitative estimate of drug-likeness (QED) is 0.812. The normalized spacial score (nSPS) is 11.1. The highest BCUT2D eigenvalue weighted by molar-refractivity contribution is 7.92. The van der Waals surface area contributed by atoms with Gasteiger partial charge in [-0.05, 0) is 31.2 Å². The fraction of sp³-hybridized carbons (Fsp3) is 0.167. The van der Waals surface area contributed by atoms with Gasteiger partial charge >= 0.3 is 5.97 Å². The molecule has 0 amide bonds. The van der Waals surface area contributed by atoms with Crippen molar-refractivity contribution in [2.24, 2.45) is 0 Å². The van der Waals surface area contributed by atoms with E-state index in [1.165, 1.54) is 36.7 Å². The maximum Gasteiger partial charge on any atom is 0.338 e. The standard InChI is InChI=1S/C12H13N3O4S/c1-2-19-12(16)9-3-5-10(6-4-9)15-20(17,18)11-7-13-14-8-11/h3-8,15H,2H2,1H3,(H,13,14). The van der Waals surface area contributed by atoms with Crippen LogP contribution in [0.4, 0.5) is 5.69 Å². The van der Waals surface area contributed by atoms with E-state index in [1.54, 1.807) is 6.92 Å². The number of hydrogen-bond acceptors (Lipinski definition) is 5. The third-order valence-electron chi connectivity index (χ3n) is 2.43. The summed E-state index contributed by atoms with van der Waals surface area (Å²) in [6.07, 6.45) is 2.48. The predicted octanol–water partition coefficient (Wildman–Crippen LogP) is 1.39. The van der Waals surface area contributed by atoms with Crippen LogP contribution < -0.4 is 4.72 Å². The monoisotopic (exact) mass is 295 g/mol. The molecule has 0 fully saturated rings. The van der Waals surface area contributed by atoms with Crippen molar-refractivity contribution in [1.29, 1.82) is 0 Å². The summed E-state index contributed by atoms with van der Waals surface area (Å²) in [6, 6.07) is 5.96. The van der Waals surface area contributed by atoms with E-state index < -0.39 is 16.0 Å². The number of hydrogen-bond donors (Lipinski definition) is 2. The van der Waals surface area contributed by atoms with E-state index in [4.69, 9.17) is 4.74 Å². The number of sulfonamides is 1. The minimum absolute atomic E-state index is 0.0342. The van der Waals surface area contributed by atoms with Gasteiger partial charge in [0.05, 0.1) is 18.4 Å². The van der Waals surface area contributed by atoms with Crippen LogP contribution >= 0.6 is 0 Å². The lowest BCUT2D eigenvalue weighted by Crippen LogP contribution is -2.12. The molecule has 8 heteroatoms. The van der Waals surface area contributed by atoms with Crippen molar-refractivity contribution in [2.75, 3.05) is 11.3 Å². The second kappa shape index (κ2) is 5.74. The molecule has 0 spiro atoms. The van der Waals surface area contributed by atoms with E-state index in [0.29, 0.717) is 11.3 Å². The molecule has 1 aromatic heterocycles. The van der Waals surface area contributed by atoms with E-state index in [9.17, 15) is 13.2 Å². The minimum Gasteiger partial charge on any atom is -0.462 e. The van der Waals surface area contributed by atoms with Crippen LogP contribution in [0.15, 0.2) is 41.6 Å². The first-order valence-corrected chi connectivity index (χ1v) is 7.30. The number of carbonyl (C=O) groups is 1. The zero-order chi connectivity index (χ0) is 14.6. The number of benzene rings is 1. The first kappa shape index (κ1) is 14.1. The molecule has 2 aromatic rings. The topological polar surface area (TPSA) is 101 Å². The molecule has 2 rings (SSSR count). The largest absolute Gasteiger partial charge is 0.462 e. The first-order valence-electron chi connectivity index (χ1n) is 5.81. The molecular weight excluding hydrogens is 282 g/mol. The molecule has 0 aliphatic carbocycles. The molecule has 7 nitrogen and oxygen atoms in total. The van der Waals surface area contributed by atoms with Gasteiger partial charge in [-0.2, -0.15) is 5.10 Å². The number of nitrogens with zero attached hydrogens (tertiary/aromatic N) is 1. The summed E-state index contributed by atoms with van der Waals surface area (Å²) >= 11 is 0. The Morgan fingerprint density at radius 3 is 2.60 bits per heavy atom. The maximum atomic E-state index is 11.9. The summed E-state index contributed by atoms with van der Waals surface area (Å²) < 4.78 is 31.1. The van der Waals surface area contributed by atoms with Crippen LogP contribution in [0.2, 0.25) is 0 Å². The highest BCUT2D eigenvalue weighted by Crippen LogP contribution is 2.16. The molecule has 1 heterocycles. The number of H-pyrrole nitrogens is 1. The molecule has 0 atom stereocenters. The van der Waals surface area contributed by atoms with Crippen LogP contribution in [0.1, 0.15) is 17.3 Å². The SMILES string of the molecule is CCOC(=O)c1ccc(NS(=O)(=O)c2cn[nH]c2)cc1. The third-order valence-corrected chi connectivity index (χ3v) is 3.78. The molecule has 20 heavy (non-hydrogen) atoms. The Morgan fingerprint density at radius 2 is 2.05 bits per heavy atom. The Bertz CT molecular complexity index is 678. The van der Waals surface area contributed by atoms with Crippen LogP contribution in [-0.2, 0) is 14.8 Å². The van der Waals surface area contributed by atoms with Gasteiger partial charge in [0.2, 0.25) is 0 Å². The molecule has 0 radical (unpaired) electrons. The zero-order valence-electron chi connectivity index (χ0n) is 10.7. The van der Waals surface area contributed by atoms with Crippen molar-refractivity contribution in [3.63, 3.8) is 0 Å². The fourth-order valence-electron chi connectivity index (χ4n) is 1.49. The molecule has 0 aliphatic heterocycles. The second-order valence-corrected chi connectivity index (χ2v) is 5.52. The number of rotatable bonds is 5. The number of ether oxygens (including phenoxy) is 1. The lowest BCUT2D eigenvalue weighted by molar-refractivity contribution is 0.0526. The molecule has 0 aliphatic rings. The van der Waals surface area contributed by atoms with Crippen LogP contribution in [0.3, 0.4) is 0 Å². The van der Waals surface area contributed by atoms with E-state index in [-0.39, 0.29) is 11.5 Å². The van der Waals surface area contributed by atoms with E-state index in [1.807, 2.05) is 0 Å². The van der Waals surface area contributed by atoms with Crippen molar-refractivity contribution < 1.29 is 17.9 Å². The fourth-order valence-corrected chi connectivity index (χ4v) is 2.45. The highest BCUT2D eigenvalue weighted by atomic mass is 32.2. The lowest BCUT2D eigenvalue weighted by Gasteiger charge is -2.07. The molecule has 0 bridgehead atoms.